The first kappa shape index (κ1) is 11.5. The first-order valence-corrected chi connectivity index (χ1v) is 6.50. The van der Waals surface area contributed by atoms with E-state index >= 15 is 0 Å². The van der Waals surface area contributed by atoms with E-state index in [1.165, 1.54) is 0 Å². The number of aromatic nitrogens is 2. The topological polar surface area (TPSA) is 53.1 Å². The van der Waals surface area contributed by atoms with Crippen molar-refractivity contribution >= 4 is 11.6 Å². The lowest BCUT2D eigenvalue weighted by Gasteiger charge is -2.31. The van der Waals surface area contributed by atoms with Gasteiger partial charge in [0.05, 0.1) is 17.9 Å². The summed E-state index contributed by atoms with van der Waals surface area (Å²) < 4.78 is 7.56. The Kier molecular flexibility index (Phi) is 2.51. The molecule has 0 saturated carbocycles. The molecule has 2 N–H and O–H groups in total. The zero-order valence-electron chi connectivity index (χ0n) is 10.2. The zero-order chi connectivity index (χ0) is 12.2. The number of rotatable bonds is 2. The Labute approximate surface area is 106 Å². The first-order valence-electron chi connectivity index (χ1n) is 6.12. The number of nitrogens with two attached hydrogens (primary N) is 1. The average Bonchev–Trinajstić information content (AvgIpc) is 2.89. The molecule has 94 valence electrons. The molecule has 2 aliphatic heterocycles. The van der Waals surface area contributed by atoms with Crippen molar-refractivity contribution in [3.8, 4) is 0 Å². The average molecular weight is 256 g/mol. The first-order chi connectivity index (χ1) is 7.99. The predicted molar refractivity (Wildman–Crippen MR) is 66.1 cm³/mol. The normalized spacial score (nSPS) is 35.8. The Hall–Kier alpha value is -0.580. The smallest absolute Gasteiger partial charge is 0.130 e. The molecule has 0 aliphatic carbocycles. The van der Waals surface area contributed by atoms with Crippen molar-refractivity contribution < 1.29 is 4.74 Å². The maximum absolute atomic E-state index is 6.50. The van der Waals surface area contributed by atoms with Gasteiger partial charge in [0.15, 0.2) is 0 Å². The second-order valence-electron chi connectivity index (χ2n) is 5.42. The lowest BCUT2D eigenvalue weighted by Crippen LogP contribution is -2.50. The van der Waals surface area contributed by atoms with Gasteiger partial charge in [0.2, 0.25) is 0 Å². The fraction of sp³-hybridized carbons (Fsp3) is 0.750. The van der Waals surface area contributed by atoms with Crippen LogP contribution in [0.2, 0.25) is 5.15 Å². The molecule has 3 rings (SSSR count). The number of hydrogen-bond acceptors (Lipinski definition) is 3. The van der Waals surface area contributed by atoms with Crippen LogP contribution in [0.4, 0.5) is 0 Å². The highest BCUT2D eigenvalue weighted by molar-refractivity contribution is 6.30. The molecule has 3 unspecified atom stereocenters. The molecule has 2 saturated heterocycles. The van der Waals surface area contributed by atoms with Gasteiger partial charge in [-0.25, -0.2) is 0 Å². The molecule has 1 aromatic heterocycles. The van der Waals surface area contributed by atoms with E-state index in [2.05, 4.69) is 5.10 Å². The molecule has 3 heterocycles. The van der Waals surface area contributed by atoms with Crippen molar-refractivity contribution in [2.45, 2.75) is 50.4 Å². The van der Waals surface area contributed by atoms with E-state index in [4.69, 9.17) is 22.1 Å². The van der Waals surface area contributed by atoms with Crippen LogP contribution < -0.4 is 5.73 Å². The van der Waals surface area contributed by atoms with E-state index in [1.807, 2.05) is 14.0 Å². The summed E-state index contributed by atoms with van der Waals surface area (Å²) in [5.74, 6) is 0. The van der Waals surface area contributed by atoms with Crippen LogP contribution in [-0.2, 0) is 18.2 Å². The summed E-state index contributed by atoms with van der Waals surface area (Å²) in [6.07, 6.45) is 4.51. The summed E-state index contributed by atoms with van der Waals surface area (Å²) in [5, 5.41) is 5.04. The van der Waals surface area contributed by atoms with E-state index in [0.29, 0.717) is 11.3 Å². The van der Waals surface area contributed by atoms with Gasteiger partial charge in [-0.1, -0.05) is 11.6 Å². The third-order valence-corrected chi connectivity index (χ3v) is 4.61. The van der Waals surface area contributed by atoms with E-state index in [9.17, 15) is 0 Å². The maximum Gasteiger partial charge on any atom is 0.130 e. The van der Waals surface area contributed by atoms with Crippen LogP contribution in [0, 0.1) is 6.92 Å². The van der Waals surface area contributed by atoms with Crippen LogP contribution in [0.5, 0.6) is 0 Å². The fourth-order valence-electron chi connectivity index (χ4n) is 3.22. The summed E-state index contributed by atoms with van der Waals surface area (Å²) in [5.41, 5.74) is 8.31. The number of fused-ring (bicyclic) bond motifs is 2. The lowest BCUT2D eigenvalue weighted by atomic mass is 9.78. The molecule has 2 fully saturated rings. The summed E-state index contributed by atoms with van der Waals surface area (Å²) >= 11 is 6.26. The van der Waals surface area contributed by atoms with Gasteiger partial charge in [-0.15, -0.1) is 0 Å². The highest BCUT2D eigenvalue weighted by Crippen LogP contribution is 2.42. The third kappa shape index (κ3) is 1.70. The van der Waals surface area contributed by atoms with Gasteiger partial charge in [-0.2, -0.15) is 5.10 Å². The van der Waals surface area contributed by atoms with Gasteiger partial charge in [-0.05, 0) is 32.6 Å². The molecule has 2 aliphatic rings. The van der Waals surface area contributed by atoms with Crippen molar-refractivity contribution in [2.24, 2.45) is 12.8 Å². The van der Waals surface area contributed by atoms with Gasteiger partial charge < -0.3 is 10.5 Å². The third-order valence-electron chi connectivity index (χ3n) is 4.13. The number of aryl methyl sites for hydroxylation is 2. The molecule has 0 aromatic carbocycles. The summed E-state index contributed by atoms with van der Waals surface area (Å²) in [6.45, 7) is 1.98. The Morgan fingerprint density at radius 1 is 1.59 bits per heavy atom. The quantitative estimate of drug-likeness (QED) is 0.873. The SMILES string of the molecule is Cc1nn(C)c(Cl)c1CC1(N)CC2CCC1O2. The zero-order valence-corrected chi connectivity index (χ0v) is 11.0. The van der Waals surface area contributed by atoms with Gasteiger partial charge in [-0.3, -0.25) is 4.68 Å². The molecular weight excluding hydrogens is 238 g/mol. The van der Waals surface area contributed by atoms with Gasteiger partial charge in [0, 0.05) is 18.2 Å². The number of nitrogens with zero attached hydrogens (tertiary/aromatic N) is 2. The van der Waals surface area contributed by atoms with Crippen LogP contribution in [0.25, 0.3) is 0 Å². The van der Waals surface area contributed by atoms with Crippen LogP contribution in [0.1, 0.15) is 30.5 Å². The highest BCUT2D eigenvalue weighted by atomic mass is 35.5. The summed E-state index contributed by atoms with van der Waals surface area (Å²) in [6, 6.07) is 0. The monoisotopic (exact) mass is 255 g/mol. The fourth-order valence-corrected chi connectivity index (χ4v) is 3.47. The van der Waals surface area contributed by atoms with E-state index < -0.39 is 0 Å². The molecule has 0 radical (unpaired) electrons. The Morgan fingerprint density at radius 2 is 2.35 bits per heavy atom. The molecule has 17 heavy (non-hydrogen) atoms. The minimum atomic E-state index is -0.250. The second-order valence-corrected chi connectivity index (χ2v) is 5.77. The van der Waals surface area contributed by atoms with E-state index in [0.717, 1.165) is 36.9 Å². The standard InChI is InChI=1S/C12H18ClN3O/c1-7-9(11(13)16(2)15-7)6-12(14)5-8-3-4-10(12)17-8/h8,10H,3-6,14H2,1-2H3. The second kappa shape index (κ2) is 3.70. The van der Waals surface area contributed by atoms with Crippen molar-refractivity contribution in [3.05, 3.63) is 16.4 Å². The Balaban J connectivity index is 1.87. The van der Waals surface area contributed by atoms with Gasteiger partial charge in [0.25, 0.3) is 0 Å². The molecular formula is C12H18ClN3O. The van der Waals surface area contributed by atoms with E-state index in [-0.39, 0.29) is 11.6 Å². The highest BCUT2D eigenvalue weighted by Gasteiger charge is 2.50. The minimum Gasteiger partial charge on any atom is -0.373 e. The molecule has 0 amide bonds. The Bertz CT molecular complexity index is 459. The molecule has 5 heteroatoms. The van der Waals surface area contributed by atoms with Crippen molar-refractivity contribution in [1.82, 2.24) is 9.78 Å². The maximum atomic E-state index is 6.50. The van der Waals surface area contributed by atoms with Crippen LogP contribution in [-0.4, -0.2) is 27.5 Å². The molecule has 1 aromatic rings. The van der Waals surface area contributed by atoms with Crippen molar-refractivity contribution in [3.63, 3.8) is 0 Å². The lowest BCUT2D eigenvalue weighted by molar-refractivity contribution is 0.0856. The van der Waals surface area contributed by atoms with Crippen molar-refractivity contribution in [2.75, 3.05) is 0 Å². The van der Waals surface area contributed by atoms with E-state index in [1.54, 1.807) is 4.68 Å². The van der Waals surface area contributed by atoms with Crippen molar-refractivity contribution in [1.29, 1.82) is 0 Å². The number of halogens is 1. The summed E-state index contributed by atoms with van der Waals surface area (Å²) in [7, 11) is 1.86. The number of hydrogen-bond donors (Lipinski definition) is 1. The molecule has 2 bridgehead atoms. The molecule has 0 spiro atoms. The minimum absolute atomic E-state index is 0.197. The largest absolute Gasteiger partial charge is 0.373 e. The van der Waals surface area contributed by atoms with Crippen LogP contribution >= 0.6 is 11.6 Å². The van der Waals surface area contributed by atoms with Gasteiger partial charge in [0.1, 0.15) is 5.15 Å². The molecule has 4 nitrogen and oxygen atoms in total. The Morgan fingerprint density at radius 3 is 2.82 bits per heavy atom. The van der Waals surface area contributed by atoms with Crippen LogP contribution in [0.3, 0.4) is 0 Å². The molecule has 3 atom stereocenters. The van der Waals surface area contributed by atoms with Gasteiger partial charge >= 0.3 is 0 Å². The van der Waals surface area contributed by atoms with Crippen LogP contribution in [0.15, 0.2) is 0 Å². The predicted octanol–water partition coefficient (Wildman–Crippen LogP) is 1.57. The number of ether oxygens (including phenoxy) is 1. The summed E-state index contributed by atoms with van der Waals surface area (Å²) in [4.78, 5) is 0.